The Balaban J connectivity index is 1.42. The molecule has 0 unspecified atom stereocenters. The number of hydrogen-bond donors (Lipinski definition) is 0. The van der Waals surface area contributed by atoms with Crippen LogP contribution >= 0.6 is 35.0 Å². The number of nitrogens with zero attached hydrogens (tertiary/aromatic N) is 2. The van der Waals surface area contributed by atoms with Crippen LogP contribution in [0.3, 0.4) is 0 Å². The van der Waals surface area contributed by atoms with Crippen molar-refractivity contribution in [1.82, 2.24) is 4.90 Å². The van der Waals surface area contributed by atoms with Gasteiger partial charge in [-0.2, -0.15) is 13.5 Å². The first-order valence-corrected chi connectivity index (χ1v) is 15.4. The molecule has 1 saturated heterocycles. The summed E-state index contributed by atoms with van der Waals surface area (Å²) in [5.41, 5.74) is 1.57. The highest BCUT2D eigenvalue weighted by Gasteiger charge is 2.38. The lowest BCUT2D eigenvalue weighted by atomic mass is 10.0. The molecule has 0 spiro atoms. The number of alkyl halides is 2. The summed E-state index contributed by atoms with van der Waals surface area (Å²) in [6, 6.07) is 13.5. The Hall–Kier alpha value is -3.28. The minimum Gasteiger partial charge on any atom is -0.619 e. The Morgan fingerprint density at radius 3 is 2.47 bits per heavy atom. The Morgan fingerprint density at radius 2 is 1.79 bits per heavy atom. The highest BCUT2D eigenvalue weighted by atomic mass is 35.5. The van der Waals surface area contributed by atoms with Gasteiger partial charge in [-0.05, 0) is 42.0 Å². The number of benzene rings is 2. The fourth-order valence-corrected chi connectivity index (χ4v) is 6.37. The second-order valence-corrected chi connectivity index (χ2v) is 12.2. The van der Waals surface area contributed by atoms with Gasteiger partial charge in [-0.25, -0.2) is 4.79 Å². The molecule has 1 saturated carbocycles. The average molecular weight is 654 g/mol. The van der Waals surface area contributed by atoms with E-state index in [1.807, 2.05) is 30.3 Å². The number of halogens is 4. The van der Waals surface area contributed by atoms with E-state index in [0.29, 0.717) is 40.7 Å². The first kappa shape index (κ1) is 31.2. The van der Waals surface area contributed by atoms with Crippen LogP contribution in [0.4, 0.5) is 8.78 Å². The second-order valence-electron chi connectivity index (χ2n) is 10.2. The zero-order valence-electron chi connectivity index (χ0n) is 22.8. The van der Waals surface area contributed by atoms with Gasteiger partial charge in [0.1, 0.15) is 16.1 Å². The smallest absolute Gasteiger partial charge is 0.387 e. The van der Waals surface area contributed by atoms with E-state index in [0.717, 1.165) is 30.8 Å². The molecule has 2 aliphatic rings. The minimum absolute atomic E-state index is 0.0449. The van der Waals surface area contributed by atoms with E-state index in [1.54, 1.807) is 0 Å². The summed E-state index contributed by atoms with van der Waals surface area (Å²) in [5.74, 6) is -0.0856. The van der Waals surface area contributed by atoms with E-state index < -0.39 is 24.1 Å². The number of amides is 1. The van der Waals surface area contributed by atoms with Crippen LogP contribution in [-0.4, -0.2) is 47.7 Å². The largest absolute Gasteiger partial charge is 0.619 e. The standard InChI is InChI=1S/C30H28Cl2F2N2O6S/c31-22-15-35(39)16-23(32)21(22)14-25(20-8-9-24(42-30(33)34)26(13-20)40-17-19-6-7-19)41-29(38)28-36(10-11-43-28)27(37)12-18-4-2-1-3-5-18/h1-5,8-9,13,15-16,19,25,28,30H,6-7,10-12,14,17H2/t25-,28-/m0/s1. The van der Waals surface area contributed by atoms with Gasteiger partial charge in [0.05, 0.1) is 13.0 Å². The van der Waals surface area contributed by atoms with Crippen molar-refractivity contribution in [2.24, 2.45) is 5.92 Å². The topological polar surface area (TPSA) is 92.0 Å². The predicted octanol–water partition coefficient (Wildman–Crippen LogP) is 5.99. The number of carbonyl (C=O) groups is 2. The minimum atomic E-state index is -3.07. The summed E-state index contributed by atoms with van der Waals surface area (Å²) in [7, 11) is 0. The van der Waals surface area contributed by atoms with Gasteiger partial charge in [0.15, 0.2) is 29.3 Å². The monoisotopic (exact) mass is 652 g/mol. The summed E-state index contributed by atoms with van der Waals surface area (Å²) in [6.45, 7) is -2.37. The third-order valence-corrected chi connectivity index (χ3v) is 8.88. The molecule has 1 amide bonds. The van der Waals surface area contributed by atoms with E-state index in [9.17, 15) is 23.6 Å². The van der Waals surface area contributed by atoms with Crippen molar-refractivity contribution in [3.8, 4) is 11.5 Å². The zero-order valence-corrected chi connectivity index (χ0v) is 25.1. The van der Waals surface area contributed by atoms with Gasteiger partial charge in [-0.1, -0.05) is 59.6 Å². The molecule has 43 heavy (non-hydrogen) atoms. The summed E-state index contributed by atoms with van der Waals surface area (Å²) in [5, 5.41) is 11.1. The maximum absolute atomic E-state index is 13.6. The van der Waals surface area contributed by atoms with E-state index in [-0.39, 0.29) is 40.3 Å². The van der Waals surface area contributed by atoms with Crippen molar-refractivity contribution in [1.29, 1.82) is 0 Å². The van der Waals surface area contributed by atoms with Gasteiger partial charge < -0.3 is 24.3 Å². The number of aromatic nitrogens is 1. The summed E-state index contributed by atoms with van der Waals surface area (Å²) in [6.07, 6.45) is 3.27. The van der Waals surface area contributed by atoms with Crippen LogP contribution in [0.5, 0.6) is 11.5 Å². The summed E-state index contributed by atoms with van der Waals surface area (Å²) in [4.78, 5) is 28.3. The Kier molecular flexibility index (Phi) is 10.1. The van der Waals surface area contributed by atoms with Crippen molar-refractivity contribution in [2.75, 3.05) is 18.9 Å². The molecular weight excluding hydrogens is 625 g/mol. The highest BCUT2D eigenvalue weighted by molar-refractivity contribution is 8.00. The number of rotatable bonds is 12. The predicted molar refractivity (Wildman–Crippen MR) is 157 cm³/mol. The molecular formula is C30H28Cl2F2N2O6S. The van der Waals surface area contributed by atoms with Crippen molar-refractivity contribution in [3.63, 3.8) is 0 Å². The second kappa shape index (κ2) is 14.0. The number of pyridine rings is 1. The normalized spacial score (nSPS) is 17.1. The average Bonchev–Trinajstić information content (AvgIpc) is 3.66. The van der Waals surface area contributed by atoms with E-state index in [2.05, 4.69) is 4.74 Å². The molecule has 2 aromatic carbocycles. The van der Waals surface area contributed by atoms with Crippen molar-refractivity contribution in [3.05, 3.63) is 92.9 Å². The van der Waals surface area contributed by atoms with Crippen LogP contribution in [0.25, 0.3) is 0 Å². The summed E-state index contributed by atoms with van der Waals surface area (Å²) >= 11 is 14.0. The number of ether oxygens (including phenoxy) is 3. The molecule has 13 heteroatoms. The van der Waals surface area contributed by atoms with Gasteiger partial charge in [-0.15, -0.1) is 11.8 Å². The SMILES string of the molecule is O=C(O[C@@H](Cc1c(Cl)c[n+]([O-])cc1Cl)c1ccc(OC(F)F)c(OCC2CC2)c1)[C@@H]1SCCN1C(=O)Cc1ccccc1. The maximum Gasteiger partial charge on any atom is 0.387 e. The zero-order chi connectivity index (χ0) is 30.5. The van der Waals surface area contributed by atoms with Gasteiger partial charge in [0.25, 0.3) is 0 Å². The van der Waals surface area contributed by atoms with Crippen LogP contribution in [0.2, 0.25) is 10.0 Å². The number of hydrogen-bond acceptors (Lipinski definition) is 7. The molecule has 228 valence electrons. The lowest BCUT2D eigenvalue weighted by molar-refractivity contribution is -0.605. The quantitative estimate of drug-likeness (QED) is 0.135. The van der Waals surface area contributed by atoms with E-state index >= 15 is 0 Å². The lowest BCUT2D eigenvalue weighted by Crippen LogP contribution is -2.41. The Morgan fingerprint density at radius 1 is 1.07 bits per heavy atom. The van der Waals surface area contributed by atoms with Crippen molar-refractivity contribution < 1.29 is 37.3 Å². The molecule has 1 aliphatic heterocycles. The molecule has 1 aromatic heterocycles. The molecule has 0 radical (unpaired) electrons. The fraction of sp³-hybridized carbons (Fsp3) is 0.367. The summed E-state index contributed by atoms with van der Waals surface area (Å²) < 4.78 is 43.2. The fourth-order valence-electron chi connectivity index (χ4n) is 4.65. The molecule has 8 nitrogen and oxygen atoms in total. The Bertz CT molecular complexity index is 1440. The van der Waals surface area contributed by atoms with Crippen LogP contribution in [0, 0.1) is 11.1 Å². The first-order chi connectivity index (χ1) is 20.7. The molecule has 1 aliphatic carbocycles. The third-order valence-electron chi connectivity index (χ3n) is 7.04. The van der Waals surface area contributed by atoms with E-state index in [4.69, 9.17) is 32.7 Å². The van der Waals surface area contributed by atoms with Gasteiger partial charge in [0, 0.05) is 24.3 Å². The van der Waals surface area contributed by atoms with Gasteiger partial charge in [-0.3, -0.25) is 4.79 Å². The Labute approximate surface area is 261 Å². The molecule has 2 fully saturated rings. The lowest BCUT2D eigenvalue weighted by Gasteiger charge is -2.26. The van der Waals surface area contributed by atoms with Crippen molar-refractivity contribution in [2.45, 2.75) is 43.8 Å². The molecule has 2 atom stereocenters. The third kappa shape index (κ3) is 8.21. The first-order valence-electron chi connectivity index (χ1n) is 13.6. The molecule has 0 bridgehead atoms. The molecule has 2 heterocycles. The molecule has 5 rings (SSSR count). The van der Waals surface area contributed by atoms with Crippen LogP contribution in [-0.2, 0) is 27.2 Å². The van der Waals surface area contributed by atoms with Gasteiger partial charge in [0.2, 0.25) is 5.91 Å². The van der Waals surface area contributed by atoms with Crippen molar-refractivity contribution >= 4 is 46.8 Å². The number of thioether (sulfide) groups is 1. The van der Waals surface area contributed by atoms with E-state index in [1.165, 1.54) is 34.9 Å². The van der Waals surface area contributed by atoms with Crippen LogP contribution < -0.4 is 14.2 Å². The van der Waals surface area contributed by atoms with Crippen LogP contribution in [0.1, 0.15) is 35.6 Å². The maximum atomic E-state index is 13.6. The van der Waals surface area contributed by atoms with Crippen LogP contribution in [0.15, 0.2) is 60.9 Å². The number of esters is 1. The molecule has 0 N–H and O–H groups in total. The molecule has 3 aromatic rings. The number of carbonyl (C=O) groups excluding carboxylic acids is 2. The highest BCUT2D eigenvalue weighted by Crippen LogP contribution is 2.38. The van der Waals surface area contributed by atoms with Gasteiger partial charge >= 0.3 is 12.6 Å².